The third-order valence-corrected chi connectivity index (χ3v) is 4.09. The van der Waals surface area contributed by atoms with Gasteiger partial charge in [-0.1, -0.05) is 25.4 Å². The fourth-order valence-corrected chi connectivity index (χ4v) is 2.51. The van der Waals surface area contributed by atoms with E-state index >= 15 is 0 Å². The van der Waals surface area contributed by atoms with Crippen molar-refractivity contribution in [2.24, 2.45) is 5.92 Å². The minimum atomic E-state index is -0.171. The molecule has 1 rings (SSSR count). The van der Waals surface area contributed by atoms with Crippen molar-refractivity contribution in [3.63, 3.8) is 0 Å². The van der Waals surface area contributed by atoms with E-state index in [1.54, 1.807) is 23.9 Å². The lowest BCUT2D eigenvalue weighted by atomic mass is 10.1. The Morgan fingerprint density at radius 1 is 1.44 bits per heavy atom. The number of amides is 1. The Hall–Kier alpha value is -0.380. The molecular weight excluding hydrogens is 289 g/mol. The first-order valence-corrected chi connectivity index (χ1v) is 7.83. The highest BCUT2D eigenvalue weighted by atomic mass is 35.5. The van der Waals surface area contributed by atoms with Crippen molar-refractivity contribution in [2.75, 3.05) is 12.1 Å². The first-order valence-electron chi connectivity index (χ1n) is 5.70. The summed E-state index contributed by atoms with van der Waals surface area (Å²) in [6, 6.07) is 5.39. The SMILES string of the molecule is CSc1ccc(Cl)c(C(=O)NC(CCl)C(C)C)c1. The van der Waals surface area contributed by atoms with Crippen molar-refractivity contribution in [3.8, 4) is 0 Å². The zero-order valence-electron chi connectivity index (χ0n) is 10.7. The van der Waals surface area contributed by atoms with Crippen molar-refractivity contribution >= 4 is 40.9 Å². The summed E-state index contributed by atoms with van der Waals surface area (Å²) in [5, 5.41) is 3.37. The van der Waals surface area contributed by atoms with E-state index in [0.29, 0.717) is 16.5 Å². The molecule has 1 N–H and O–H groups in total. The Morgan fingerprint density at radius 3 is 2.61 bits per heavy atom. The van der Waals surface area contributed by atoms with E-state index in [2.05, 4.69) is 5.32 Å². The van der Waals surface area contributed by atoms with Crippen LogP contribution in [0.3, 0.4) is 0 Å². The molecular formula is C13H17Cl2NOS. The number of hydrogen-bond acceptors (Lipinski definition) is 2. The summed E-state index contributed by atoms with van der Waals surface area (Å²) in [6.45, 7) is 4.04. The fraction of sp³-hybridized carbons (Fsp3) is 0.462. The van der Waals surface area contributed by atoms with Gasteiger partial charge < -0.3 is 5.32 Å². The maximum absolute atomic E-state index is 12.1. The Labute approximate surface area is 122 Å². The average Bonchev–Trinajstić information content (AvgIpc) is 2.35. The van der Waals surface area contributed by atoms with E-state index < -0.39 is 0 Å². The summed E-state index contributed by atoms with van der Waals surface area (Å²) < 4.78 is 0. The molecule has 0 saturated carbocycles. The molecule has 0 aliphatic heterocycles. The van der Waals surface area contributed by atoms with Crippen molar-refractivity contribution in [2.45, 2.75) is 24.8 Å². The smallest absolute Gasteiger partial charge is 0.253 e. The van der Waals surface area contributed by atoms with Crippen LogP contribution in [0.25, 0.3) is 0 Å². The first-order chi connectivity index (χ1) is 8.49. The molecule has 0 spiro atoms. The van der Waals surface area contributed by atoms with E-state index in [9.17, 15) is 4.79 Å². The third kappa shape index (κ3) is 4.08. The molecule has 100 valence electrons. The lowest BCUT2D eigenvalue weighted by Gasteiger charge is -2.20. The molecule has 0 bridgehead atoms. The molecule has 1 unspecified atom stereocenters. The second kappa shape index (κ2) is 7.27. The van der Waals surface area contributed by atoms with Gasteiger partial charge in [-0.05, 0) is 30.4 Å². The predicted molar refractivity (Wildman–Crippen MR) is 80.0 cm³/mol. The quantitative estimate of drug-likeness (QED) is 0.656. The van der Waals surface area contributed by atoms with Crippen molar-refractivity contribution < 1.29 is 4.79 Å². The Kier molecular flexibility index (Phi) is 6.33. The van der Waals surface area contributed by atoms with Crippen molar-refractivity contribution in [1.82, 2.24) is 5.32 Å². The van der Waals surface area contributed by atoms with Gasteiger partial charge in [-0.15, -0.1) is 23.4 Å². The van der Waals surface area contributed by atoms with Crippen LogP contribution in [-0.2, 0) is 0 Å². The number of thioether (sulfide) groups is 1. The monoisotopic (exact) mass is 305 g/mol. The molecule has 0 fully saturated rings. The molecule has 0 saturated heterocycles. The van der Waals surface area contributed by atoms with Gasteiger partial charge in [0.15, 0.2) is 0 Å². The maximum Gasteiger partial charge on any atom is 0.253 e. The van der Waals surface area contributed by atoms with Gasteiger partial charge in [-0.2, -0.15) is 0 Å². The molecule has 1 aromatic rings. The topological polar surface area (TPSA) is 29.1 Å². The zero-order chi connectivity index (χ0) is 13.7. The fourth-order valence-electron chi connectivity index (χ4n) is 1.43. The zero-order valence-corrected chi connectivity index (χ0v) is 13.0. The van der Waals surface area contributed by atoms with Gasteiger partial charge in [0.25, 0.3) is 5.91 Å². The molecule has 1 atom stereocenters. The minimum absolute atomic E-state index is 0.0480. The minimum Gasteiger partial charge on any atom is -0.348 e. The second-order valence-corrected chi connectivity index (χ2v) is 5.92. The summed E-state index contributed by atoms with van der Waals surface area (Å²) in [5.41, 5.74) is 0.499. The van der Waals surface area contributed by atoms with Gasteiger partial charge in [0.1, 0.15) is 0 Å². The van der Waals surface area contributed by atoms with Crippen LogP contribution in [0.15, 0.2) is 23.1 Å². The number of alkyl halides is 1. The molecule has 0 aromatic heterocycles. The maximum atomic E-state index is 12.1. The number of nitrogens with one attached hydrogen (secondary N) is 1. The van der Waals surface area contributed by atoms with Crippen molar-refractivity contribution in [1.29, 1.82) is 0 Å². The van der Waals surface area contributed by atoms with E-state index in [4.69, 9.17) is 23.2 Å². The van der Waals surface area contributed by atoms with Crippen LogP contribution >= 0.6 is 35.0 Å². The summed E-state index contributed by atoms with van der Waals surface area (Å²) >= 11 is 13.5. The van der Waals surface area contributed by atoms with Gasteiger partial charge in [0.2, 0.25) is 0 Å². The Balaban J connectivity index is 2.89. The van der Waals surface area contributed by atoms with Crippen molar-refractivity contribution in [3.05, 3.63) is 28.8 Å². The molecule has 18 heavy (non-hydrogen) atoms. The van der Waals surface area contributed by atoms with Crippen LogP contribution in [0.4, 0.5) is 0 Å². The summed E-state index contributed by atoms with van der Waals surface area (Å²) in [5.74, 6) is 0.507. The van der Waals surface area contributed by atoms with Gasteiger partial charge in [-0.3, -0.25) is 4.79 Å². The summed E-state index contributed by atoms with van der Waals surface area (Å²) in [7, 11) is 0. The van der Waals surface area contributed by atoms with E-state index in [-0.39, 0.29) is 17.9 Å². The number of carbonyl (C=O) groups excluding carboxylic acids is 1. The lowest BCUT2D eigenvalue weighted by Crippen LogP contribution is -2.40. The second-order valence-electron chi connectivity index (χ2n) is 4.32. The molecule has 0 radical (unpaired) electrons. The number of hydrogen-bond donors (Lipinski definition) is 1. The standard InChI is InChI=1S/C13H17Cl2NOS/c1-8(2)12(7-14)16-13(17)10-6-9(18-3)4-5-11(10)15/h4-6,8,12H,7H2,1-3H3,(H,16,17). The van der Waals surface area contributed by atoms with Crippen LogP contribution in [0, 0.1) is 5.92 Å². The number of halogens is 2. The summed E-state index contributed by atoms with van der Waals surface area (Å²) in [4.78, 5) is 13.2. The van der Waals surface area contributed by atoms with Crippen LogP contribution in [0.5, 0.6) is 0 Å². The molecule has 1 amide bonds. The molecule has 5 heteroatoms. The van der Waals surface area contributed by atoms with Gasteiger partial charge in [-0.25, -0.2) is 0 Å². The molecule has 0 aliphatic rings. The highest BCUT2D eigenvalue weighted by Crippen LogP contribution is 2.23. The number of benzene rings is 1. The molecule has 0 aliphatic carbocycles. The van der Waals surface area contributed by atoms with E-state index in [1.807, 2.05) is 26.2 Å². The first kappa shape index (κ1) is 15.7. The van der Waals surface area contributed by atoms with Gasteiger partial charge in [0, 0.05) is 16.8 Å². The molecule has 0 heterocycles. The lowest BCUT2D eigenvalue weighted by molar-refractivity contribution is 0.0931. The van der Waals surface area contributed by atoms with Gasteiger partial charge in [0.05, 0.1) is 10.6 Å². The van der Waals surface area contributed by atoms with Crippen LogP contribution in [-0.4, -0.2) is 24.1 Å². The molecule has 1 aromatic carbocycles. The number of carbonyl (C=O) groups is 1. The van der Waals surface area contributed by atoms with Crippen LogP contribution in [0.1, 0.15) is 24.2 Å². The van der Waals surface area contributed by atoms with E-state index in [1.165, 1.54) is 0 Å². The Bertz CT molecular complexity index is 423. The van der Waals surface area contributed by atoms with Crippen LogP contribution in [0.2, 0.25) is 5.02 Å². The highest BCUT2D eigenvalue weighted by Gasteiger charge is 2.18. The van der Waals surface area contributed by atoms with Gasteiger partial charge >= 0.3 is 0 Å². The third-order valence-electron chi connectivity index (χ3n) is 2.71. The highest BCUT2D eigenvalue weighted by molar-refractivity contribution is 7.98. The Morgan fingerprint density at radius 2 is 2.11 bits per heavy atom. The average molecular weight is 306 g/mol. The molecule has 2 nitrogen and oxygen atoms in total. The number of rotatable bonds is 5. The normalized spacial score (nSPS) is 12.6. The largest absolute Gasteiger partial charge is 0.348 e. The summed E-state index contributed by atoms with van der Waals surface area (Å²) in [6.07, 6.45) is 1.96. The predicted octanol–water partition coefficient (Wildman–Crippen LogP) is 4.06. The van der Waals surface area contributed by atoms with E-state index in [0.717, 1.165) is 4.90 Å². The van der Waals surface area contributed by atoms with Crippen LogP contribution < -0.4 is 5.32 Å².